The molecule has 0 atom stereocenters. The largest absolute Gasteiger partial charge is 0.382 e. The number of amides is 2. The molecule has 0 aliphatic carbocycles. The average Bonchev–Trinajstić information content (AvgIpc) is 2.40. The van der Waals surface area contributed by atoms with E-state index in [1.165, 1.54) is 0 Å². The van der Waals surface area contributed by atoms with Crippen molar-refractivity contribution >= 4 is 11.7 Å². The van der Waals surface area contributed by atoms with Gasteiger partial charge in [0.15, 0.2) is 0 Å². The minimum absolute atomic E-state index is 0.341. The third-order valence-electron chi connectivity index (χ3n) is 3.19. The summed E-state index contributed by atoms with van der Waals surface area (Å²) in [6.07, 6.45) is 1.78. The summed E-state index contributed by atoms with van der Waals surface area (Å²) in [6.45, 7) is 1.40. The lowest BCUT2D eigenvalue weighted by Gasteiger charge is -2.31. The van der Waals surface area contributed by atoms with Crippen molar-refractivity contribution < 1.29 is 4.79 Å². The standard InChI is InChI=1S/C13H16N4O/c14-9-10-1-3-11(4-2-10)16-12-5-7-17(8-6-12)13(15)18/h1-4,12,16H,5-8H2,(H2,15,18). The van der Waals surface area contributed by atoms with Crippen molar-refractivity contribution in [2.75, 3.05) is 18.4 Å². The van der Waals surface area contributed by atoms with Gasteiger partial charge in [-0.2, -0.15) is 5.26 Å². The molecule has 3 N–H and O–H groups in total. The van der Waals surface area contributed by atoms with Crippen molar-refractivity contribution in [1.82, 2.24) is 4.90 Å². The molecule has 1 aliphatic rings. The minimum atomic E-state index is -0.341. The molecule has 1 fully saturated rings. The van der Waals surface area contributed by atoms with Crippen LogP contribution in [0.5, 0.6) is 0 Å². The van der Waals surface area contributed by atoms with Crippen LogP contribution in [0.2, 0.25) is 0 Å². The van der Waals surface area contributed by atoms with Crippen molar-refractivity contribution in [3.8, 4) is 6.07 Å². The molecule has 0 saturated carbocycles. The first-order valence-electron chi connectivity index (χ1n) is 6.00. The zero-order valence-electron chi connectivity index (χ0n) is 10.1. The molecule has 1 heterocycles. The van der Waals surface area contributed by atoms with Crippen LogP contribution in [-0.2, 0) is 0 Å². The van der Waals surface area contributed by atoms with E-state index in [1.54, 1.807) is 17.0 Å². The van der Waals surface area contributed by atoms with E-state index in [0.717, 1.165) is 18.5 Å². The van der Waals surface area contributed by atoms with Gasteiger partial charge in [0.25, 0.3) is 0 Å². The molecule has 5 nitrogen and oxygen atoms in total. The zero-order valence-corrected chi connectivity index (χ0v) is 10.1. The molecule has 18 heavy (non-hydrogen) atoms. The fraction of sp³-hybridized carbons (Fsp3) is 0.385. The van der Waals surface area contributed by atoms with Crippen LogP contribution < -0.4 is 11.1 Å². The second kappa shape index (κ2) is 5.41. The maximum absolute atomic E-state index is 11.0. The first-order chi connectivity index (χ1) is 8.69. The van der Waals surface area contributed by atoms with Crippen molar-refractivity contribution in [1.29, 1.82) is 5.26 Å². The first-order valence-corrected chi connectivity index (χ1v) is 6.00. The predicted octanol–water partition coefficient (Wildman–Crippen LogP) is 1.51. The van der Waals surface area contributed by atoms with Gasteiger partial charge in [0.1, 0.15) is 0 Å². The van der Waals surface area contributed by atoms with Gasteiger partial charge in [-0.15, -0.1) is 0 Å². The summed E-state index contributed by atoms with van der Waals surface area (Å²) in [4.78, 5) is 12.7. The predicted molar refractivity (Wildman–Crippen MR) is 69.0 cm³/mol. The Labute approximate surface area is 106 Å². The lowest BCUT2D eigenvalue weighted by molar-refractivity contribution is 0.193. The average molecular weight is 244 g/mol. The Balaban J connectivity index is 1.87. The van der Waals surface area contributed by atoms with Crippen LogP contribution in [-0.4, -0.2) is 30.1 Å². The lowest BCUT2D eigenvalue weighted by atomic mass is 10.0. The van der Waals surface area contributed by atoms with E-state index in [0.29, 0.717) is 24.7 Å². The van der Waals surface area contributed by atoms with Crippen molar-refractivity contribution in [2.24, 2.45) is 5.73 Å². The molecule has 5 heteroatoms. The summed E-state index contributed by atoms with van der Waals surface area (Å²) in [5.74, 6) is 0. The molecule has 94 valence electrons. The second-order valence-corrected chi connectivity index (χ2v) is 4.43. The second-order valence-electron chi connectivity index (χ2n) is 4.43. The molecule has 0 aromatic heterocycles. The summed E-state index contributed by atoms with van der Waals surface area (Å²) in [7, 11) is 0. The Hall–Kier alpha value is -2.22. The first kappa shape index (κ1) is 12.2. The number of nitrogens with zero attached hydrogens (tertiary/aromatic N) is 2. The highest BCUT2D eigenvalue weighted by Gasteiger charge is 2.20. The Morgan fingerprint density at radius 2 is 1.94 bits per heavy atom. The number of likely N-dealkylation sites (tertiary alicyclic amines) is 1. The number of hydrogen-bond acceptors (Lipinski definition) is 3. The van der Waals surface area contributed by atoms with E-state index >= 15 is 0 Å². The van der Waals surface area contributed by atoms with Gasteiger partial charge in [-0.25, -0.2) is 4.79 Å². The molecule has 2 amide bonds. The molecular weight excluding hydrogens is 228 g/mol. The summed E-state index contributed by atoms with van der Waals surface area (Å²) in [6, 6.07) is 9.49. The number of primary amides is 1. The van der Waals surface area contributed by atoms with Crippen molar-refractivity contribution in [2.45, 2.75) is 18.9 Å². The molecule has 0 bridgehead atoms. The number of urea groups is 1. The Bertz CT molecular complexity index is 455. The maximum atomic E-state index is 11.0. The van der Waals surface area contributed by atoms with E-state index in [4.69, 9.17) is 11.0 Å². The SMILES string of the molecule is N#Cc1ccc(NC2CCN(C(N)=O)CC2)cc1. The number of piperidine rings is 1. The molecule has 0 spiro atoms. The summed E-state index contributed by atoms with van der Waals surface area (Å²) >= 11 is 0. The highest BCUT2D eigenvalue weighted by Crippen LogP contribution is 2.16. The van der Waals surface area contributed by atoms with Gasteiger partial charge in [-0.3, -0.25) is 0 Å². The molecule has 0 unspecified atom stereocenters. The molecule has 0 radical (unpaired) electrons. The van der Waals surface area contributed by atoms with Crippen LogP contribution in [0, 0.1) is 11.3 Å². The van der Waals surface area contributed by atoms with Crippen LogP contribution >= 0.6 is 0 Å². The van der Waals surface area contributed by atoms with Gasteiger partial charge in [-0.1, -0.05) is 0 Å². The Morgan fingerprint density at radius 3 is 2.44 bits per heavy atom. The van der Waals surface area contributed by atoms with Crippen LogP contribution in [0.15, 0.2) is 24.3 Å². The summed E-state index contributed by atoms with van der Waals surface area (Å²) in [5, 5.41) is 12.1. The van der Waals surface area contributed by atoms with Crippen molar-refractivity contribution in [3.05, 3.63) is 29.8 Å². The van der Waals surface area contributed by atoms with Gasteiger partial charge in [0.2, 0.25) is 0 Å². The number of nitrogens with one attached hydrogen (secondary N) is 1. The normalized spacial score (nSPS) is 16.1. The Kier molecular flexibility index (Phi) is 3.68. The smallest absolute Gasteiger partial charge is 0.314 e. The van der Waals surface area contributed by atoms with Crippen LogP contribution in [0.4, 0.5) is 10.5 Å². The van der Waals surface area contributed by atoms with Gasteiger partial charge in [0.05, 0.1) is 11.6 Å². The number of rotatable bonds is 2. The van der Waals surface area contributed by atoms with Gasteiger partial charge >= 0.3 is 6.03 Å². The molecule has 2 rings (SSSR count). The number of nitrogens with two attached hydrogens (primary N) is 1. The van der Waals surface area contributed by atoms with E-state index in [-0.39, 0.29) is 6.03 Å². The minimum Gasteiger partial charge on any atom is -0.382 e. The van der Waals surface area contributed by atoms with E-state index in [9.17, 15) is 4.79 Å². The van der Waals surface area contributed by atoms with Crippen LogP contribution in [0.25, 0.3) is 0 Å². The fourth-order valence-electron chi connectivity index (χ4n) is 2.12. The molecule has 1 saturated heterocycles. The summed E-state index contributed by atoms with van der Waals surface area (Å²) < 4.78 is 0. The van der Waals surface area contributed by atoms with Crippen molar-refractivity contribution in [3.63, 3.8) is 0 Å². The fourth-order valence-corrected chi connectivity index (χ4v) is 2.12. The van der Waals surface area contributed by atoms with Gasteiger partial charge in [-0.05, 0) is 37.1 Å². The number of hydrogen-bond donors (Lipinski definition) is 2. The van der Waals surface area contributed by atoms with Gasteiger partial charge < -0.3 is 16.0 Å². The highest BCUT2D eigenvalue weighted by atomic mass is 16.2. The highest BCUT2D eigenvalue weighted by molar-refractivity contribution is 5.72. The van der Waals surface area contributed by atoms with Gasteiger partial charge in [0, 0.05) is 24.8 Å². The topological polar surface area (TPSA) is 82.2 Å². The molecular formula is C13H16N4O. The third kappa shape index (κ3) is 2.92. The van der Waals surface area contributed by atoms with Crippen LogP contribution in [0.3, 0.4) is 0 Å². The monoisotopic (exact) mass is 244 g/mol. The van der Waals surface area contributed by atoms with Crippen LogP contribution in [0.1, 0.15) is 18.4 Å². The Morgan fingerprint density at radius 1 is 1.33 bits per heavy atom. The maximum Gasteiger partial charge on any atom is 0.314 e. The van der Waals surface area contributed by atoms with E-state index in [2.05, 4.69) is 11.4 Å². The number of anilines is 1. The van der Waals surface area contributed by atoms with E-state index in [1.807, 2.05) is 12.1 Å². The van der Waals surface area contributed by atoms with E-state index < -0.39 is 0 Å². The number of benzene rings is 1. The molecule has 1 aromatic carbocycles. The third-order valence-corrected chi connectivity index (χ3v) is 3.19. The quantitative estimate of drug-likeness (QED) is 0.827. The molecule has 1 aromatic rings. The molecule has 1 aliphatic heterocycles. The summed E-state index contributed by atoms with van der Waals surface area (Å²) in [5.41, 5.74) is 6.90. The zero-order chi connectivity index (χ0) is 13.0. The number of carbonyl (C=O) groups is 1. The number of carbonyl (C=O) groups excluding carboxylic acids is 1. The lowest BCUT2D eigenvalue weighted by Crippen LogP contribution is -2.44. The number of nitriles is 1.